The summed E-state index contributed by atoms with van der Waals surface area (Å²) in [6.45, 7) is 1.46. The molecule has 3 aliphatic rings. The summed E-state index contributed by atoms with van der Waals surface area (Å²) in [6, 6.07) is 7.15. The number of ether oxygens (including phenoxy) is 2. The third-order valence-electron chi connectivity index (χ3n) is 6.60. The number of nitrogens with zero attached hydrogens (tertiary/aromatic N) is 2. The highest BCUT2D eigenvalue weighted by atomic mass is 16.8. The molecule has 34 heavy (non-hydrogen) atoms. The third-order valence-corrected chi connectivity index (χ3v) is 6.60. The molecule has 2 unspecified atom stereocenters. The molecule has 0 spiro atoms. The van der Waals surface area contributed by atoms with Crippen molar-refractivity contribution in [2.75, 3.05) is 0 Å². The molecule has 5 rings (SSSR count). The molecular weight excluding hydrogens is 448 g/mol. The van der Waals surface area contributed by atoms with Crippen LogP contribution in [0.25, 0.3) is 11.3 Å². The number of aliphatic carboxylic acids is 1. The Labute approximate surface area is 193 Å². The Kier molecular flexibility index (Phi) is 5.46. The Morgan fingerprint density at radius 3 is 2.38 bits per heavy atom. The summed E-state index contributed by atoms with van der Waals surface area (Å²) >= 11 is 0. The molecule has 2 aliphatic carbocycles. The number of hydrogen-bond donors (Lipinski definition) is 1. The molecule has 1 aromatic carbocycles. The lowest BCUT2D eigenvalue weighted by Gasteiger charge is -2.16. The number of rotatable bonds is 7. The van der Waals surface area contributed by atoms with Crippen molar-refractivity contribution in [3.05, 3.63) is 35.5 Å². The van der Waals surface area contributed by atoms with E-state index in [1.165, 1.54) is 0 Å². The van der Waals surface area contributed by atoms with Gasteiger partial charge in [-0.25, -0.2) is 4.79 Å². The van der Waals surface area contributed by atoms with E-state index < -0.39 is 23.9 Å². The van der Waals surface area contributed by atoms with Gasteiger partial charge in [0.25, 0.3) is 11.8 Å². The van der Waals surface area contributed by atoms with Crippen molar-refractivity contribution in [3.8, 4) is 17.1 Å². The molecule has 3 fully saturated rings. The molecule has 2 atom stereocenters. The van der Waals surface area contributed by atoms with Crippen LogP contribution in [0.3, 0.4) is 0 Å². The molecule has 178 valence electrons. The highest BCUT2D eigenvalue weighted by Crippen LogP contribution is 2.58. The minimum Gasteiger partial charge on any atom is -0.490 e. The van der Waals surface area contributed by atoms with Crippen LogP contribution >= 0.6 is 0 Å². The average molecular weight is 470 g/mol. The molecule has 11 heteroatoms. The number of imide groups is 1. The maximum atomic E-state index is 11.9. The number of carboxylic acid groups (broad SMARTS) is 1. The average Bonchev–Trinajstić information content (AvgIpc) is 3.04. The predicted molar refractivity (Wildman–Crippen MR) is 111 cm³/mol. The first-order chi connectivity index (χ1) is 16.3. The monoisotopic (exact) mass is 470 g/mol. The van der Waals surface area contributed by atoms with E-state index in [-0.39, 0.29) is 43.3 Å². The Morgan fingerprint density at radius 1 is 1.12 bits per heavy atom. The van der Waals surface area contributed by atoms with E-state index in [4.69, 9.17) is 23.9 Å². The second-order valence-corrected chi connectivity index (χ2v) is 8.71. The fourth-order valence-corrected chi connectivity index (χ4v) is 4.81. The van der Waals surface area contributed by atoms with Crippen LogP contribution in [0, 0.1) is 24.7 Å². The van der Waals surface area contributed by atoms with Crippen molar-refractivity contribution in [3.63, 3.8) is 0 Å². The molecule has 0 radical (unpaired) electrons. The molecule has 2 heterocycles. The zero-order valence-corrected chi connectivity index (χ0v) is 18.3. The van der Waals surface area contributed by atoms with Crippen molar-refractivity contribution in [2.24, 2.45) is 17.8 Å². The summed E-state index contributed by atoms with van der Waals surface area (Å²) < 4.78 is 16.5. The first-order valence-corrected chi connectivity index (χ1v) is 11.0. The molecule has 11 nitrogen and oxygen atoms in total. The predicted octanol–water partition coefficient (Wildman–Crippen LogP) is 2.86. The summed E-state index contributed by atoms with van der Waals surface area (Å²) in [7, 11) is 0. The van der Waals surface area contributed by atoms with E-state index in [2.05, 4.69) is 5.16 Å². The largest absolute Gasteiger partial charge is 0.534 e. The zero-order chi connectivity index (χ0) is 24.0. The second kappa shape index (κ2) is 8.47. The van der Waals surface area contributed by atoms with Gasteiger partial charge in [0.05, 0.1) is 23.3 Å². The van der Waals surface area contributed by atoms with Crippen molar-refractivity contribution >= 4 is 23.9 Å². The number of hydroxylamine groups is 2. The smallest absolute Gasteiger partial charge is 0.490 e. The minimum atomic E-state index is -1.18. The summed E-state index contributed by atoms with van der Waals surface area (Å²) in [5, 5.41) is 13.5. The molecular formula is C23H22N2O9. The van der Waals surface area contributed by atoms with Crippen molar-refractivity contribution < 1.29 is 43.1 Å². The van der Waals surface area contributed by atoms with Gasteiger partial charge in [-0.3, -0.25) is 19.2 Å². The number of aryl methyl sites for hydroxylation is 1. The topological polar surface area (TPSA) is 145 Å². The number of amides is 2. The van der Waals surface area contributed by atoms with E-state index in [0.717, 1.165) is 12.8 Å². The fraction of sp³-hybridized carbons (Fsp3) is 0.435. The van der Waals surface area contributed by atoms with Crippen molar-refractivity contribution in [1.29, 1.82) is 0 Å². The van der Waals surface area contributed by atoms with Crippen LogP contribution in [-0.2, 0) is 30.6 Å². The zero-order valence-electron chi connectivity index (χ0n) is 18.3. The standard InChI is InChI=1S/C23H22N2O9/c1-11-17(10-31-23(30)34-25-18(26)6-7-19(25)27)21(33-24-11)12-2-4-13(5-3-12)32-14-8-15-16(9-14)20(15)22(28)29/h2-5,14-16,20H,6-10H2,1H3,(H,28,29). The van der Waals surface area contributed by atoms with Gasteiger partial charge in [-0.1, -0.05) is 10.2 Å². The number of benzene rings is 1. The van der Waals surface area contributed by atoms with Gasteiger partial charge in [-0.05, 0) is 55.9 Å². The van der Waals surface area contributed by atoms with E-state index in [1.54, 1.807) is 31.2 Å². The first kappa shape index (κ1) is 21.9. The lowest BCUT2D eigenvalue weighted by Crippen LogP contribution is -2.32. The van der Waals surface area contributed by atoms with Gasteiger partial charge in [0.1, 0.15) is 12.4 Å². The molecule has 1 aliphatic heterocycles. The SMILES string of the molecule is Cc1noc(-c2ccc(OC3CC4C(C3)C4C(=O)O)cc2)c1COC(=O)ON1C(=O)CCC1=O. The Morgan fingerprint density at radius 2 is 1.76 bits per heavy atom. The van der Waals surface area contributed by atoms with Crippen LogP contribution in [0.5, 0.6) is 5.75 Å². The van der Waals surface area contributed by atoms with E-state index in [9.17, 15) is 19.2 Å². The van der Waals surface area contributed by atoms with Crippen LogP contribution in [0.2, 0.25) is 0 Å². The van der Waals surface area contributed by atoms with Crippen LogP contribution < -0.4 is 4.74 Å². The third kappa shape index (κ3) is 4.09. The van der Waals surface area contributed by atoms with Crippen LogP contribution in [0.1, 0.15) is 36.9 Å². The number of fused-ring (bicyclic) bond motifs is 1. The van der Waals surface area contributed by atoms with E-state index in [1.807, 2.05) is 0 Å². The van der Waals surface area contributed by atoms with Crippen LogP contribution in [0.15, 0.2) is 28.8 Å². The van der Waals surface area contributed by atoms with Gasteiger partial charge >= 0.3 is 12.1 Å². The Balaban J connectivity index is 1.18. The molecule has 1 saturated heterocycles. The van der Waals surface area contributed by atoms with Gasteiger partial charge in [-0.15, -0.1) is 0 Å². The molecule has 0 bridgehead atoms. The number of carboxylic acids is 1. The second-order valence-electron chi connectivity index (χ2n) is 8.71. The van der Waals surface area contributed by atoms with Crippen molar-refractivity contribution in [1.82, 2.24) is 10.2 Å². The van der Waals surface area contributed by atoms with Crippen LogP contribution in [-0.4, -0.2) is 45.4 Å². The maximum absolute atomic E-state index is 11.9. The fourth-order valence-electron chi connectivity index (χ4n) is 4.81. The number of carbonyl (C=O) groups excluding carboxylic acids is 3. The van der Waals surface area contributed by atoms with E-state index >= 15 is 0 Å². The molecule has 2 amide bonds. The number of hydrogen-bond acceptors (Lipinski definition) is 9. The molecule has 1 N–H and O–H groups in total. The number of carbonyl (C=O) groups is 4. The summed E-state index contributed by atoms with van der Waals surface area (Å²) in [5.41, 5.74) is 1.71. The van der Waals surface area contributed by atoms with Gasteiger partial charge in [0.15, 0.2) is 5.76 Å². The lowest BCUT2D eigenvalue weighted by atomic mass is 10.1. The van der Waals surface area contributed by atoms with Crippen molar-refractivity contribution in [2.45, 2.75) is 45.3 Å². The highest BCUT2D eigenvalue weighted by Gasteiger charge is 2.60. The molecule has 2 saturated carbocycles. The van der Waals surface area contributed by atoms with Gasteiger partial charge < -0.3 is 19.1 Å². The highest BCUT2D eigenvalue weighted by molar-refractivity contribution is 6.01. The minimum absolute atomic E-state index is 0.00770. The van der Waals surface area contributed by atoms with Gasteiger partial charge in [0, 0.05) is 18.4 Å². The Bertz CT molecular complexity index is 1130. The van der Waals surface area contributed by atoms with E-state index in [0.29, 0.717) is 33.4 Å². The quantitative estimate of drug-likeness (QED) is 0.473. The summed E-state index contributed by atoms with van der Waals surface area (Å²) in [6.07, 6.45) is 0.303. The van der Waals surface area contributed by atoms with Gasteiger partial charge in [-0.2, -0.15) is 0 Å². The molecule has 1 aromatic heterocycles. The maximum Gasteiger partial charge on any atom is 0.534 e. The van der Waals surface area contributed by atoms with Crippen LogP contribution in [0.4, 0.5) is 4.79 Å². The number of aromatic nitrogens is 1. The lowest BCUT2D eigenvalue weighted by molar-refractivity contribution is -0.177. The Hall–Kier alpha value is -3.89. The molecule has 2 aromatic rings. The summed E-state index contributed by atoms with van der Waals surface area (Å²) in [4.78, 5) is 50.9. The first-order valence-electron chi connectivity index (χ1n) is 11.0. The summed E-state index contributed by atoms with van der Waals surface area (Å²) in [5.74, 6) is -0.622. The normalized spacial score (nSPS) is 25.3. The van der Waals surface area contributed by atoms with Gasteiger partial charge in [0.2, 0.25) is 0 Å².